The largest absolute Gasteiger partial charge is 0.495 e. The molecule has 0 saturated heterocycles. The zero-order valence-corrected chi connectivity index (χ0v) is 16.8. The molecule has 0 saturated carbocycles. The third kappa shape index (κ3) is 4.34. The molecule has 1 unspecified atom stereocenters. The first-order valence-electron chi connectivity index (χ1n) is 9.03. The van der Waals surface area contributed by atoms with Gasteiger partial charge in [0.15, 0.2) is 11.8 Å². The summed E-state index contributed by atoms with van der Waals surface area (Å²) in [6, 6.07) is 10.1. The van der Waals surface area contributed by atoms with Crippen LogP contribution in [-0.4, -0.2) is 39.8 Å². The number of fused-ring (bicyclic) bond motifs is 1. The summed E-state index contributed by atoms with van der Waals surface area (Å²) in [5.74, 6) is -1.44. The molecular weight excluding hydrogens is 408 g/mol. The topological polar surface area (TPSA) is 143 Å². The minimum absolute atomic E-state index is 0.0512. The van der Waals surface area contributed by atoms with Gasteiger partial charge in [-0.05, 0) is 19.1 Å². The lowest BCUT2D eigenvalue weighted by Crippen LogP contribution is -2.31. The van der Waals surface area contributed by atoms with Crippen molar-refractivity contribution in [3.8, 4) is 5.75 Å². The maximum absolute atomic E-state index is 12.7. The number of nitrogens with zero attached hydrogens (tertiary/aromatic N) is 3. The lowest BCUT2D eigenvalue weighted by molar-refractivity contribution is -0.384. The van der Waals surface area contributed by atoms with Crippen molar-refractivity contribution in [2.24, 2.45) is 7.05 Å². The summed E-state index contributed by atoms with van der Waals surface area (Å²) < 4.78 is 11.3. The molecule has 1 N–H and O–H groups in total. The molecule has 11 nitrogen and oxygen atoms in total. The number of hydrogen-bond acceptors (Lipinski definition) is 8. The van der Waals surface area contributed by atoms with Gasteiger partial charge in [-0.25, -0.2) is 9.48 Å². The van der Waals surface area contributed by atoms with Gasteiger partial charge in [-0.3, -0.25) is 19.7 Å². The average molecular weight is 426 g/mol. The van der Waals surface area contributed by atoms with Crippen LogP contribution in [0.3, 0.4) is 0 Å². The molecule has 11 heteroatoms. The average Bonchev–Trinajstić information content (AvgIpc) is 2.75. The van der Waals surface area contributed by atoms with Gasteiger partial charge in [0.2, 0.25) is 0 Å². The number of carbonyl (C=O) groups is 2. The minimum Gasteiger partial charge on any atom is -0.495 e. The Balaban J connectivity index is 1.83. The van der Waals surface area contributed by atoms with E-state index < -0.39 is 22.9 Å². The normalized spacial score (nSPS) is 11.6. The molecule has 0 aliphatic carbocycles. The first-order valence-corrected chi connectivity index (χ1v) is 9.03. The summed E-state index contributed by atoms with van der Waals surface area (Å²) >= 11 is 0. The highest BCUT2D eigenvalue weighted by atomic mass is 16.6. The number of anilines is 1. The Morgan fingerprint density at radius 1 is 1.19 bits per heavy atom. The summed E-state index contributed by atoms with van der Waals surface area (Å²) in [6.07, 6.45) is -1.27. The van der Waals surface area contributed by atoms with Crippen molar-refractivity contribution < 1.29 is 24.0 Å². The Morgan fingerprint density at radius 3 is 2.52 bits per heavy atom. The van der Waals surface area contributed by atoms with E-state index >= 15 is 0 Å². The van der Waals surface area contributed by atoms with E-state index in [9.17, 15) is 24.5 Å². The number of amides is 1. The third-order valence-corrected chi connectivity index (χ3v) is 4.45. The molecule has 0 aliphatic heterocycles. The van der Waals surface area contributed by atoms with Crippen LogP contribution in [-0.2, 0) is 16.6 Å². The third-order valence-electron chi connectivity index (χ3n) is 4.45. The maximum atomic E-state index is 12.7. The standard InChI is InChI=1S/C20H18N4O7/c1-11(18(25)21-15-10-12(24(28)29)8-9-16(15)30-3)31-20(27)17-13-6-4-5-7-14(13)19(26)23(2)22-17/h4-11H,1-3H3,(H,21,25). The molecule has 160 valence electrons. The number of carbonyl (C=O) groups excluding carboxylic acids is 2. The fraction of sp³-hybridized carbons (Fsp3) is 0.200. The van der Waals surface area contributed by atoms with Gasteiger partial charge in [0, 0.05) is 24.6 Å². The van der Waals surface area contributed by atoms with E-state index in [0.717, 1.165) is 10.7 Å². The predicted octanol–water partition coefficient (Wildman–Crippen LogP) is 2.03. The van der Waals surface area contributed by atoms with E-state index in [0.29, 0.717) is 5.39 Å². The minimum atomic E-state index is -1.27. The second kappa shape index (κ2) is 8.61. The molecule has 3 aromatic rings. The molecule has 0 fully saturated rings. The summed E-state index contributed by atoms with van der Waals surface area (Å²) in [5, 5.41) is 18.0. The fourth-order valence-corrected chi connectivity index (χ4v) is 2.86. The van der Waals surface area contributed by atoms with E-state index in [-0.39, 0.29) is 33.8 Å². The Hall–Kier alpha value is -4.28. The summed E-state index contributed by atoms with van der Waals surface area (Å²) in [6.45, 7) is 1.33. The van der Waals surface area contributed by atoms with Crippen LogP contribution < -0.4 is 15.6 Å². The highest BCUT2D eigenvalue weighted by molar-refractivity contribution is 6.04. The Morgan fingerprint density at radius 2 is 1.87 bits per heavy atom. The molecule has 2 aromatic carbocycles. The lowest BCUT2D eigenvalue weighted by atomic mass is 10.1. The van der Waals surface area contributed by atoms with Gasteiger partial charge >= 0.3 is 5.97 Å². The van der Waals surface area contributed by atoms with Crippen molar-refractivity contribution in [3.63, 3.8) is 0 Å². The van der Waals surface area contributed by atoms with E-state index in [1.54, 1.807) is 24.3 Å². The van der Waals surface area contributed by atoms with Gasteiger partial charge in [-0.15, -0.1) is 0 Å². The Bertz CT molecular complexity index is 1250. The molecule has 0 radical (unpaired) electrons. The van der Waals surface area contributed by atoms with Crippen LogP contribution in [0.25, 0.3) is 10.8 Å². The number of rotatable bonds is 6. The van der Waals surface area contributed by atoms with E-state index in [4.69, 9.17) is 9.47 Å². The number of nitrogens with one attached hydrogen (secondary N) is 1. The zero-order chi connectivity index (χ0) is 22.7. The quantitative estimate of drug-likeness (QED) is 0.358. The van der Waals surface area contributed by atoms with Gasteiger partial charge in [0.25, 0.3) is 17.2 Å². The number of esters is 1. The van der Waals surface area contributed by atoms with Crippen LogP contribution in [0.2, 0.25) is 0 Å². The zero-order valence-electron chi connectivity index (χ0n) is 16.8. The van der Waals surface area contributed by atoms with Crippen LogP contribution in [0.5, 0.6) is 5.75 Å². The van der Waals surface area contributed by atoms with Gasteiger partial charge in [0.05, 0.1) is 23.1 Å². The molecule has 1 atom stereocenters. The molecule has 1 aromatic heterocycles. The first-order chi connectivity index (χ1) is 14.7. The Labute approximate surface area is 175 Å². The summed E-state index contributed by atoms with van der Waals surface area (Å²) in [7, 11) is 2.74. The number of methoxy groups -OCH3 is 1. The van der Waals surface area contributed by atoms with Crippen molar-refractivity contribution in [1.29, 1.82) is 0 Å². The number of nitro benzene ring substituents is 1. The van der Waals surface area contributed by atoms with Crippen molar-refractivity contribution in [1.82, 2.24) is 9.78 Å². The maximum Gasteiger partial charge on any atom is 0.360 e. The number of aryl methyl sites for hydroxylation is 1. The van der Waals surface area contributed by atoms with Crippen LogP contribution in [0.4, 0.5) is 11.4 Å². The lowest BCUT2D eigenvalue weighted by Gasteiger charge is -2.15. The summed E-state index contributed by atoms with van der Waals surface area (Å²) in [5.41, 5.74) is -0.696. The first kappa shape index (κ1) is 21.4. The van der Waals surface area contributed by atoms with Crippen molar-refractivity contribution in [2.45, 2.75) is 13.0 Å². The van der Waals surface area contributed by atoms with Crippen LogP contribution >= 0.6 is 0 Å². The molecular formula is C20H18N4O7. The summed E-state index contributed by atoms with van der Waals surface area (Å²) in [4.78, 5) is 47.8. The van der Waals surface area contributed by atoms with Crippen molar-refractivity contribution in [2.75, 3.05) is 12.4 Å². The van der Waals surface area contributed by atoms with Crippen LogP contribution in [0, 0.1) is 10.1 Å². The van der Waals surface area contributed by atoms with Crippen LogP contribution in [0.15, 0.2) is 47.3 Å². The number of non-ortho nitro benzene ring substituents is 1. The highest BCUT2D eigenvalue weighted by Gasteiger charge is 2.24. The predicted molar refractivity (Wildman–Crippen MR) is 110 cm³/mol. The number of aromatic nitrogens is 2. The number of nitro groups is 1. The molecule has 1 amide bonds. The van der Waals surface area contributed by atoms with Crippen molar-refractivity contribution in [3.05, 3.63) is 68.6 Å². The van der Waals surface area contributed by atoms with Gasteiger partial charge in [0.1, 0.15) is 5.75 Å². The molecule has 0 spiro atoms. The van der Waals surface area contributed by atoms with Crippen LogP contribution in [0.1, 0.15) is 17.4 Å². The SMILES string of the molecule is COc1ccc([N+](=O)[O-])cc1NC(=O)C(C)OC(=O)c1nn(C)c(=O)c2ccccc12. The molecule has 3 rings (SSSR count). The molecule has 31 heavy (non-hydrogen) atoms. The van der Waals surface area contributed by atoms with E-state index in [1.807, 2.05) is 0 Å². The number of benzene rings is 2. The Kier molecular flexibility index (Phi) is 5.95. The second-order valence-electron chi connectivity index (χ2n) is 6.50. The van der Waals surface area contributed by atoms with Gasteiger partial charge < -0.3 is 14.8 Å². The number of hydrogen-bond donors (Lipinski definition) is 1. The highest BCUT2D eigenvalue weighted by Crippen LogP contribution is 2.29. The van der Waals surface area contributed by atoms with E-state index in [2.05, 4.69) is 10.4 Å². The fourth-order valence-electron chi connectivity index (χ4n) is 2.86. The van der Waals surface area contributed by atoms with E-state index in [1.165, 1.54) is 33.2 Å². The van der Waals surface area contributed by atoms with Crippen molar-refractivity contribution >= 4 is 34.0 Å². The second-order valence-corrected chi connectivity index (χ2v) is 6.50. The number of ether oxygens (including phenoxy) is 2. The molecule has 0 aliphatic rings. The van der Waals surface area contributed by atoms with Gasteiger partial charge in [-0.2, -0.15) is 5.10 Å². The van der Waals surface area contributed by atoms with Gasteiger partial charge in [-0.1, -0.05) is 18.2 Å². The molecule has 1 heterocycles. The smallest absolute Gasteiger partial charge is 0.360 e. The monoisotopic (exact) mass is 426 g/mol. The molecule has 0 bridgehead atoms.